The van der Waals surface area contributed by atoms with Crippen LogP contribution >= 0.6 is 11.6 Å². The number of halogens is 1. The van der Waals surface area contributed by atoms with Gasteiger partial charge < -0.3 is 10.4 Å². The summed E-state index contributed by atoms with van der Waals surface area (Å²) in [6.07, 6.45) is 0.961. The maximum Gasteiger partial charge on any atom is 0.224 e. The lowest BCUT2D eigenvalue weighted by molar-refractivity contribution is -0.121. The van der Waals surface area contributed by atoms with Gasteiger partial charge in [-0.2, -0.15) is 0 Å². The molecule has 0 heterocycles. The highest BCUT2D eigenvalue weighted by atomic mass is 35.5. The van der Waals surface area contributed by atoms with Gasteiger partial charge in [0.05, 0.1) is 12.0 Å². The molecule has 0 aliphatic heterocycles. The van der Waals surface area contributed by atoms with Crippen LogP contribution in [-0.4, -0.2) is 23.2 Å². The van der Waals surface area contributed by atoms with Crippen molar-refractivity contribution in [1.82, 2.24) is 5.32 Å². The normalized spacial score (nSPS) is 14.2. The SMILES string of the molecule is CC(C)CC(C)(O)CNC(=O)Cc1ccc(Cl)cc1. The van der Waals surface area contributed by atoms with Crippen molar-refractivity contribution in [3.05, 3.63) is 34.9 Å². The summed E-state index contributed by atoms with van der Waals surface area (Å²) in [5, 5.41) is 13.5. The molecule has 0 aliphatic carbocycles. The minimum atomic E-state index is -0.857. The molecule has 4 heteroatoms. The van der Waals surface area contributed by atoms with Gasteiger partial charge in [-0.05, 0) is 37.0 Å². The van der Waals surface area contributed by atoms with Crippen LogP contribution in [-0.2, 0) is 11.2 Å². The number of amides is 1. The van der Waals surface area contributed by atoms with Crippen molar-refractivity contribution < 1.29 is 9.90 Å². The predicted molar refractivity (Wildman–Crippen MR) is 78.2 cm³/mol. The van der Waals surface area contributed by atoms with E-state index < -0.39 is 5.60 Å². The third kappa shape index (κ3) is 6.60. The van der Waals surface area contributed by atoms with Crippen molar-refractivity contribution in [2.24, 2.45) is 5.92 Å². The maximum atomic E-state index is 11.8. The van der Waals surface area contributed by atoms with Crippen molar-refractivity contribution in [2.75, 3.05) is 6.54 Å². The molecule has 1 atom stereocenters. The molecule has 0 fully saturated rings. The summed E-state index contributed by atoms with van der Waals surface area (Å²) < 4.78 is 0. The molecule has 106 valence electrons. The zero-order chi connectivity index (χ0) is 14.5. The molecule has 0 radical (unpaired) electrons. The van der Waals surface area contributed by atoms with Gasteiger partial charge in [0.15, 0.2) is 0 Å². The molecule has 0 bridgehead atoms. The average molecular weight is 284 g/mol. The molecule has 0 aliphatic rings. The average Bonchev–Trinajstić information content (AvgIpc) is 2.28. The van der Waals surface area contributed by atoms with E-state index in [4.69, 9.17) is 11.6 Å². The van der Waals surface area contributed by atoms with Gasteiger partial charge in [0, 0.05) is 11.6 Å². The van der Waals surface area contributed by atoms with Crippen LogP contribution in [0.2, 0.25) is 5.02 Å². The standard InChI is InChI=1S/C15H22ClNO2/c1-11(2)9-15(3,19)10-17-14(18)8-12-4-6-13(16)7-5-12/h4-7,11,19H,8-10H2,1-3H3,(H,17,18). The summed E-state index contributed by atoms with van der Waals surface area (Å²) in [7, 11) is 0. The van der Waals surface area contributed by atoms with E-state index >= 15 is 0 Å². The molecule has 19 heavy (non-hydrogen) atoms. The van der Waals surface area contributed by atoms with Gasteiger partial charge in [0.2, 0.25) is 5.91 Å². The number of carbonyl (C=O) groups is 1. The van der Waals surface area contributed by atoms with Crippen molar-refractivity contribution in [3.8, 4) is 0 Å². The minimum Gasteiger partial charge on any atom is -0.388 e. The summed E-state index contributed by atoms with van der Waals surface area (Å²) >= 11 is 5.78. The highest BCUT2D eigenvalue weighted by Gasteiger charge is 2.22. The Balaban J connectivity index is 2.41. The summed E-state index contributed by atoms with van der Waals surface area (Å²) in [6, 6.07) is 7.18. The number of nitrogens with one attached hydrogen (secondary N) is 1. The molecule has 1 aromatic carbocycles. The van der Waals surface area contributed by atoms with Gasteiger partial charge in [0.1, 0.15) is 0 Å². The number of rotatable bonds is 6. The zero-order valence-corrected chi connectivity index (χ0v) is 12.5. The fourth-order valence-corrected chi connectivity index (χ4v) is 2.22. The number of hydrogen-bond acceptors (Lipinski definition) is 2. The zero-order valence-electron chi connectivity index (χ0n) is 11.7. The van der Waals surface area contributed by atoms with Crippen LogP contribution in [0.25, 0.3) is 0 Å². The molecule has 1 rings (SSSR count). The Morgan fingerprint density at radius 3 is 2.47 bits per heavy atom. The van der Waals surface area contributed by atoms with E-state index in [1.54, 1.807) is 19.1 Å². The first-order valence-electron chi connectivity index (χ1n) is 6.52. The Kier molecular flexibility index (Phi) is 5.83. The number of benzene rings is 1. The topological polar surface area (TPSA) is 49.3 Å². The summed E-state index contributed by atoms with van der Waals surface area (Å²) in [5.74, 6) is 0.300. The second-order valence-electron chi connectivity index (χ2n) is 5.67. The van der Waals surface area contributed by atoms with Crippen LogP contribution in [0.1, 0.15) is 32.8 Å². The highest BCUT2D eigenvalue weighted by Crippen LogP contribution is 2.15. The first kappa shape index (κ1) is 16.0. The van der Waals surface area contributed by atoms with Crippen LogP contribution in [0.5, 0.6) is 0 Å². The molecule has 3 nitrogen and oxygen atoms in total. The number of hydrogen-bond donors (Lipinski definition) is 2. The first-order valence-corrected chi connectivity index (χ1v) is 6.90. The smallest absolute Gasteiger partial charge is 0.224 e. The Hall–Kier alpha value is -1.06. The third-order valence-corrected chi connectivity index (χ3v) is 3.04. The van der Waals surface area contributed by atoms with E-state index in [-0.39, 0.29) is 12.5 Å². The molecule has 0 spiro atoms. The third-order valence-electron chi connectivity index (χ3n) is 2.79. The minimum absolute atomic E-state index is 0.0913. The molecular formula is C15H22ClNO2. The molecule has 1 amide bonds. The van der Waals surface area contributed by atoms with E-state index in [9.17, 15) is 9.90 Å². The van der Waals surface area contributed by atoms with E-state index in [1.165, 1.54) is 0 Å². The Morgan fingerprint density at radius 1 is 1.37 bits per heavy atom. The summed E-state index contributed by atoms with van der Waals surface area (Å²) in [6.45, 7) is 6.11. The van der Waals surface area contributed by atoms with Gasteiger partial charge in [-0.15, -0.1) is 0 Å². The van der Waals surface area contributed by atoms with E-state index in [1.807, 2.05) is 26.0 Å². The second kappa shape index (κ2) is 6.92. The van der Waals surface area contributed by atoms with E-state index in [0.29, 0.717) is 23.8 Å². The molecule has 0 aromatic heterocycles. The Labute approximate surface area is 120 Å². The number of aliphatic hydroxyl groups is 1. The number of carbonyl (C=O) groups excluding carboxylic acids is 1. The van der Waals surface area contributed by atoms with Crippen LogP contribution in [0, 0.1) is 5.92 Å². The Morgan fingerprint density at radius 2 is 1.95 bits per heavy atom. The van der Waals surface area contributed by atoms with Crippen LogP contribution in [0.3, 0.4) is 0 Å². The summed E-state index contributed by atoms with van der Waals surface area (Å²) in [5.41, 5.74) is 0.0505. The maximum absolute atomic E-state index is 11.8. The molecular weight excluding hydrogens is 262 g/mol. The van der Waals surface area contributed by atoms with Gasteiger partial charge in [-0.25, -0.2) is 0 Å². The van der Waals surface area contributed by atoms with E-state index in [2.05, 4.69) is 5.32 Å². The lowest BCUT2D eigenvalue weighted by atomic mass is 9.94. The Bertz CT molecular complexity index is 413. The van der Waals surface area contributed by atoms with Crippen molar-refractivity contribution >= 4 is 17.5 Å². The van der Waals surface area contributed by atoms with Crippen molar-refractivity contribution in [2.45, 2.75) is 39.2 Å². The lowest BCUT2D eigenvalue weighted by Gasteiger charge is -2.25. The van der Waals surface area contributed by atoms with Gasteiger partial charge in [-0.3, -0.25) is 4.79 Å². The largest absolute Gasteiger partial charge is 0.388 e. The van der Waals surface area contributed by atoms with Gasteiger partial charge >= 0.3 is 0 Å². The summed E-state index contributed by atoms with van der Waals surface area (Å²) in [4.78, 5) is 11.8. The van der Waals surface area contributed by atoms with Crippen LogP contribution in [0.4, 0.5) is 0 Å². The van der Waals surface area contributed by atoms with Crippen molar-refractivity contribution in [3.63, 3.8) is 0 Å². The molecule has 1 aromatic rings. The first-order chi connectivity index (χ1) is 8.78. The quantitative estimate of drug-likeness (QED) is 0.843. The second-order valence-corrected chi connectivity index (χ2v) is 6.11. The van der Waals surface area contributed by atoms with Gasteiger partial charge in [0.25, 0.3) is 0 Å². The monoisotopic (exact) mass is 283 g/mol. The van der Waals surface area contributed by atoms with Crippen molar-refractivity contribution in [1.29, 1.82) is 0 Å². The lowest BCUT2D eigenvalue weighted by Crippen LogP contribution is -2.42. The molecule has 0 saturated heterocycles. The van der Waals surface area contributed by atoms with E-state index in [0.717, 1.165) is 5.56 Å². The fraction of sp³-hybridized carbons (Fsp3) is 0.533. The highest BCUT2D eigenvalue weighted by molar-refractivity contribution is 6.30. The fourth-order valence-electron chi connectivity index (χ4n) is 2.09. The van der Waals surface area contributed by atoms with Gasteiger partial charge in [-0.1, -0.05) is 37.6 Å². The molecule has 0 saturated carbocycles. The predicted octanol–water partition coefficient (Wildman–Crippen LogP) is 2.80. The van der Waals surface area contributed by atoms with Crippen LogP contribution < -0.4 is 5.32 Å². The molecule has 2 N–H and O–H groups in total. The molecule has 1 unspecified atom stereocenters. The van der Waals surface area contributed by atoms with Crippen LogP contribution in [0.15, 0.2) is 24.3 Å².